The maximum Gasteiger partial charge on any atom is 0.409 e. The zero-order valence-electron chi connectivity index (χ0n) is 10.2. The molecule has 0 aliphatic carbocycles. The van der Waals surface area contributed by atoms with Gasteiger partial charge in [-0.05, 0) is 18.6 Å². The first-order valence-electron chi connectivity index (χ1n) is 5.86. The Morgan fingerprint density at radius 3 is 3.06 bits per heavy atom. The highest BCUT2D eigenvalue weighted by molar-refractivity contribution is 5.76. The number of cyclic esters (lactones) is 1. The van der Waals surface area contributed by atoms with Crippen molar-refractivity contribution < 1.29 is 18.7 Å². The van der Waals surface area contributed by atoms with E-state index in [1.165, 1.54) is 4.90 Å². The molecule has 2 rings (SSSR count). The van der Waals surface area contributed by atoms with Crippen LogP contribution in [0.1, 0.15) is 18.6 Å². The SMILES string of the molecule is CN1CC(CCC(=O)NCc2ccco2)OC1=O. The molecule has 1 N–H and O–H groups in total. The third kappa shape index (κ3) is 3.26. The molecule has 2 amide bonds. The zero-order chi connectivity index (χ0) is 13.0. The van der Waals surface area contributed by atoms with Gasteiger partial charge in [0.05, 0.1) is 19.4 Å². The van der Waals surface area contributed by atoms with Crippen molar-refractivity contribution in [2.75, 3.05) is 13.6 Å². The molecule has 98 valence electrons. The van der Waals surface area contributed by atoms with Crippen LogP contribution >= 0.6 is 0 Å². The summed E-state index contributed by atoms with van der Waals surface area (Å²) in [6.07, 6.45) is 1.94. The minimum atomic E-state index is -0.323. The van der Waals surface area contributed by atoms with Crippen molar-refractivity contribution in [1.29, 1.82) is 0 Å². The van der Waals surface area contributed by atoms with E-state index in [9.17, 15) is 9.59 Å². The summed E-state index contributed by atoms with van der Waals surface area (Å²) in [5.74, 6) is 0.646. The summed E-state index contributed by atoms with van der Waals surface area (Å²) in [5.41, 5.74) is 0. The van der Waals surface area contributed by atoms with Gasteiger partial charge in [-0.15, -0.1) is 0 Å². The molecule has 1 aromatic heterocycles. The molecular weight excluding hydrogens is 236 g/mol. The van der Waals surface area contributed by atoms with Crippen LogP contribution in [-0.2, 0) is 16.1 Å². The fraction of sp³-hybridized carbons (Fsp3) is 0.500. The zero-order valence-corrected chi connectivity index (χ0v) is 10.2. The monoisotopic (exact) mass is 252 g/mol. The van der Waals surface area contributed by atoms with Crippen LogP contribution in [0.25, 0.3) is 0 Å². The van der Waals surface area contributed by atoms with Crippen LogP contribution in [0.15, 0.2) is 22.8 Å². The molecule has 1 aliphatic rings. The summed E-state index contributed by atoms with van der Waals surface area (Å²) >= 11 is 0. The Hall–Kier alpha value is -1.98. The Morgan fingerprint density at radius 1 is 1.61 bits per heavy atom. The summed E-state index contributed by atoms with van der Waals surface area (Å²) in [6.45, 7) is 0.931. The standard InChI is InChI=1S/C12H16N2O4/c1-14-8-10(18-12(14)16)4-5-11(15)13-7-9-3-2-6-17-9/h2-3,6,10H,4-5,7-8H2,1H3,(H,13,15). The molecule has 1 unspecified atom stereocenters. The van der Waals surface area contributed by atoms with Crippen LogP contribution in [-0.4, -0.2) is 36.6 Å². The van der Waals surface area contributed by atoms with Crippen LogP contribution in [0.3, 0.4) is 0 Å². The summed E-state index contributed by atoms with van der Waals surface area (Å²) in [5, 5.41) is 2.74. The van der Waals surface area contributed by atoms with Gasteiger partial charge in [0.1, 0.15) is 11.9 Å². The van der Waals surface area contributed by atoms with E-state index < -0.39 is 0 Å². The number of carbonyl (C=O) groups excluding carboxylic acids is 2. The molecule has 1 saturated heterocycles. The van der Waals surface area contributed by atoms with Crippen molar-refractivity contribution in [3.05, 3.63) is 24.2 Å². The molecule has 0 radical (unpaired) electrons. The fourth-order valence-electron chi connectivity index (χ4n) is 1.78. The van der Waals surface area contributed by atoms with Gasteiger partial charge in [-0.25, -0.2) is 4.79 Å². The van der Waals surface area contributed by atoms with Crippen molar-refractivity contribution >= 4 is 12.0 Å². The average molecular weight is 252 g/mol. The molecule has 1 atom stereocenters. The largest absolute Gasteiger partial charge is 0.467 e. The summed E-state index contributed by atoms with van der Waals surface area (Å²) in [6, 6.07) is 3.57. The molecule has 1 aliphatic heterocycles. The number of carbonyl (C=O) groups is 2. The molecule has 6 heteroatoms. The van der Waals surface area contributed by atoms with E-state index in [0.29, 0.717) is 25.9 Å². The van der Waals surface area contributed by atoms with E-state index in [4.69, 9.17) is 9.15 Å². The van der Waals surface area contributed by atoms with Crippen LogP contribution in [0.2, 0.25) is 0 Å². The fourth-order valence-corrected chi connectivity index (χ4v) is 1.78. The normalized spacial score (nSPS) is 18.8. The number of amides is 2. The molecule has 2 heterocycles. The Labute approximate surface area is 105 Å². The van der Waals surface area contributed by atoms with E-state index in [-0.39, 0.29) is 18.1 Å². The lowest BCUT2D eigenvalue weighted by molar-refractivity contribution is -0.121. The first-order chi connectivity index (χ1) is 8.65. The van der Waals surface area contributed by atoms with Crippen molar-refractivity contribution in [3.63, 3.8) is 0 Å². The van der Waals surface area contributed by atoms with Gasteiger partial charge in [0.2, 0.25) is 5.91 Å². The molecule has 6 nitrogen and oxygen atoms in total. The summed E-state index contributed by atoms with van der Waals surface area (Å²) in [4.78, 5) is 24.2. The number of hydrogen-bond acceptors (Lipinski definition) is 4. The van der Waals surface area contributed by atoms with Crippen LogP contribution < -0.4 is 5.32 Å². The van der Waals surface area contributed by atoms with Crippen LogP contribution in [0.4, 0.5) is 4.79 Å². The number of likely N-dealkylation sites (N-methyl/N-ethyl adjacent to an activating group) is 1. The Bertz CT molecular complexity index is 416. The highest BCUT2D eigenvalue weighted by Gasteiger charge is 2.28. The Morgan fingerprint density at radius 2 is 2.44 bits per heavy atom. The Kier molecular flexibility index (Phi) is 3.86. The van der Waals surface area contributed by atoms with Gasteiger partial charge in [-0.2, -0.15) is 0 Å². The van der Waals surface area contributed by atoms with Crippen LogP contribution in [0.5, 0.6) is 0 Å². The van der Waals surface area contributed by atoms with Gasteiger partial charge in [0, 0.05) is 13.5 Å². The minimum absolute atomic E-state index is 0.0722. The van der Waals surface area contributed by atoms with Crippen molar-refractivity contribution in [2.24, 2.45) is 0 Å². The first-order valence-corrected chi connectivity index (χ1v) is 5.86. The number of ether oxygens (including phenoxy) is 1. The van der Waals surface area contributed by atoms with Gasteiger partial charge in [-0.3, -0.25) is 4.79 Å². The van der Waals surface area contributed by atoms with E-state index in [0.717, 1.165) is 5.76 Å². The van der Waals surface area contributed by atoms with Gasteiger partial charge >= 0.3 is 6.09 Å². The average Bonchev–Trinajstić information content (AvgIpc) is 2.95. The van der Waals surface area contributed by atoms with Crippen molar-refractivity contribution in [1.82, 2.24) is 10.2 Å². The van der Waals surface area contributed by atoms with E-state index in [1.54, 1.807) is 25.4 Å². The molecule has 0 bridgehead atoms. The smallest absolute Gasteiger partial charge is 0.409 e. The number of furan rings is 1. The molecule has 18 heavy (non-hydrogen) atoms. The van der Waals surface area contributed by atoms with Crippen molar-refractivity contribution in [3.8, 4) is 0 Å². The highest BCUT2D eigenvalue weighted by Crippen LogP contribution is 2.13. The lowest BCUT2D eigenvalue weighted by Gasteiger charge is -2.07. The molecule has 0 saturated carbocycles. The molecule has 1 aromatic rings. The number of nitrogens with one attached hydrogen (secondary N) is 1. The lowest BCUT2D eigenvalue weighted by Crippen LogP contribution is -2.25. The van der Waals surface area contributed by atoms with Crippen LogP contribution in [0, 0.1) is 0 Å². The first kappa shape index (κ1) is 12.5. The second-order valence-electron chi connectivity index (χ2n) is 4.28. The third-order valence-corrected chi connectivity index (χ3v) is 2.79. The second-order valence-corrected chi connectivity index (χ2v) is 4.28. The van der Waals surface area contributed by atoms with E-state index in [2.05, 4.69) is 5.32 Å². The predicted octanol–water partition coefficient (Wildman–Crippen LogP) is 1.13. The lowest BCUT2D eigenvalue weighted by atomic mass is 10.2. The second kappa shape index (κ2) is 5.57. The topological polar surface area (TPSA) is 71.8 Å². The molecule has 1 fully saturated rings. The maximum atomic E-state index is 11.6. The molecular formula is C12H16N2O4. The number of hydrogen-bond donors (Lipinski definition) is 1. The molecule has 0 aromatic carbocycles. The number of rotatable bonds is 5. The van der Waals surface area contributed by atoms with Crippen molar-refractivity contribution in [2.45, 2.75) is 25.5 Å². The highest BCUT2D eigenvalue weighted by atomic mass is 16.6. The third-order valence-electron chi connectivity index (χ3n) is 2.79. The Balaban J connectivity index is 1.65. The predicted molar refractivity (Wildman–Crippen MR) is 62.7 cm³/mol. The number of nitrogens with zero attached hydrogens (tertiary/aromatic N) is 1. The molecule has 0 spiro atoms. The van der Waals surface area contributed by atoms with Gasteiger partial charge in [0.25, 0.3) is 0 Å². The van der Waals surface area contributed by atoms with E-state index in [1.807, 2.05) is 0 Å². The van der Waals surface area contributed by atoms with Gasteiger partial charge in [-0.1, -0.05) is 0 Å². The maximum absolute atomic E-state index is 11.6. The summed E-state index contributed by atoms with van der Waals surface area (Å²) < 4.78 is 10.2. The van der Waals surface area contributed by atoms with E-state index >= 15 is 0 Å². The minimum Gasteiger partial charge on any atom is -0.467 e. The van der Waals surface area contributed by atoms with Gasteiger partial charge in [0.15, 0.2) is 0 Å². The summed E-state index contributed by atoms with van der Waals surface area (Å²) in [7, 11) is 1.68. The quantitative estimate of drug-likeness (QED) is 0.852. The van der Waals surface area contributed by atoms with Gasteiger partial charge < -0.3 is 19.4 Å².